The SMILES string of the molecule is C#CCCN(CC(=O)Nc1cc(-c2cnc(-c3ccc4nc([C@@H]5C#CCCN5C(=O)[C@@H](c5ccccc5)N(C)C)[nH]c4c3)o2)ccc1C)C(=O)[C@H](NC(=O)OC)c1ccccc1. The van der Waals surface area contributed by atoms with Gasteiger partial charge in [-0.1, -0.05) is 84.6 Å². The second kappa shape index (κ2) is 19.1. The molecule has 0 radical (unpaired) electrons. The zero-order valence-corrected chi connectivity index (χ0v) is 34.8. The Hall–Kier alpha value is -7.68. The first-order valence-corrected chi connectivity index (χ1v) is 20.0. The van der Waals surface area contributed by atoms with E-state index in [2.05, 4.69) is 38.4 Å². The maximum atomic E-state index is 14.1. The average Bonchev–Trinajstić information content (AvgIpc) is 3.96. The second-order valence-electron chi connectivity index (χ2n) is 14.9. The number of aromatic amines is 1. The molecule has 3 atom stereocenters. The molecule has 0 unspecified atom stereocenters. The van der Waals surface area contributed by atoms with Gasteiger partial charge in [0.1, 0.15) is 17.9 Å². The number of hydrogen-bond donors (Lipinski definition) is 3. The second-order valence-corrected chi connectivity index (χ2v) is 14.9. The Balaban J connectivity index is 1.07. The number of benzene rings is 4. The fraction of sp³-hybridized carbons (Fsp3) is 0.250. The standard InChI is InChI=1S/C48H46N8O6/c1-6-7-25-55(46(58)42(53-48(60)61-5)32-16-10-8-11-17-32)30-41(57)50-37-27-34(22-21-31(37)2)40-29-49-45(62-40)35-23-24-36-38(28-35)52-44(51-36)39-20-14-15-26-56(39)47(59)43(54(3)4)33-18-12-9-13-19-33/h1,8-13,16-19,21-24,27-29,39,42-43H,7,15,25-26,30H2,2-5H3,(H,50,57)(H,51,52)(H,53,60)/t39-,42+,43+/m0/s1. The number of H-pyrrole nitrogens is 1. The van der Waals surface area contributed by atoms with Crippen molar-refractivity contribution in [3.63, 3.8) is 0 Å². The Morgan fingerprint density at radius 1 is 1.00 bits per heavy atom. The Morgan fingerprint density at radius 3 is 2.44 bits per heavy atom. The molecule has 62 heavy (non-hydrogen) atoms. The van der Waals surface area contributed by atoms with E-state index in [0.717, 1.165) is 16.6 Å². The number of amides is 4. The van der Waals surface area contributed by atoms with Crippen molar-refractivity contribution in [2.45, 2.75) is 37.9 Å². The lowest BCUT2D eigenvalue weighted by molar-refractivity contribution is -0.138. The molecule has 0 saturated carbocycles. The van der Waals surface area contributed by atoms with Crippen LogP contribution in [-0.4, -0.2) is 94.3 Å². The Kier molecular flexibility index (Phi) is 13.1. The fourth-order valence-corrected chi connectivity index (χ4v) is 7.32. The van der Waals surface area contributed by atoms with Gasteiger partial charge in [-0.05, 0) is 62.0 Å². The Labute approximate surface area is 359 Å². The number of alkyl carbamates (subject to hydrolysis) is 1. The molecule has 1 aliphatic rings. The van der Waals surface area contributed by atoms with Gasteiger partial charge < -0.3 is 34.6 Å². The number of hydrogen-bond acceptors (Lipinski definition) is 9. The van der Waals surface area contributed by atoms with Crippen molar-refractivity contribution in [2.24, 2.45) is 0 Å². The van der Waals surface area contributed by atoms with Gasteiger partial charge in [0.15, 0.2) is 11.8 Å². The number of nitrogens with zero attached hydrogens (tertiary/aromatic N) is 5. The summed E-state index contributed by atoms with van der Waals surface area (Å²) in [7, 11) is 5.00. The van der Waals surface area contributed by atoms with Crippen LogP contribution in [0, 0.1) is 31.1 Å². The first-order valence-electron chi connectivity index (χ1n) is 20.0. The molecule has 0 aliphatic carbocycles. The first-order chi connectivity index (χ1) is 30.0. The largest absolute Gasteiger partial charge is 0.453 e. The number of carbonyl (C=O) groups excluding carboxylic acids is 4. The normalized spacial score (nSPS) is 14.3. The summed E-state index contributed by atoms with van der Waals surface area (Å²) in [6.45, 7) is 2.09. The number of likely N-dealkylation sites (N-methyl/N-ethyl adjacent to an activating group) is 1. The number of aryl methyl sites for hydroxylation is 1. The Morgan fingerprint density at radius 2 is 1.73 bits per heavy atom. The van der Waals surface area contributed by atoms with Crippen LogP contribution >= 0.6 is 0 Å². The first kappa shape index (κ1) is 42.4. The number of nitrogens with one attached hydrogen (secondary N) is 3. The third-order valence-electron chi connectivity index (χ3n) is 10.5. The molecule has 0 saturated heterocycles. The van der Waals surface area contributed by atoms with Crippen molar-refractivity contribution in [2.75, 3.05) is 46.2 Å². The van der Waals surface area contributed by atoms with Crippen LogP contribution in [-0.2, 0) is 19.1 Å². The number of fused-ring (bicyclic) bond motifs is 1. The number of methoxy groups -OCH3 is 1. The summed E-state index contributed by atoms with van der Waals surface area (Å²) < 4.78 is 11.0. The molecule has 0 bridgehead atoms. The number of oxazole rings is 1. The molecule has 7 rings (SSSR count). The highest BCUT2D eigenvalue weighted by Crippen LogP contribution is 2.33. The van der Waals surface area contributed by atoms with Gasteiger partial charge in [0.25, 0.3) is 0 Å². The van der Waals surface area contributed by atoms with Gasteiger partial charge in [0.05, 0.1) is 30.9 Å². The van der Waals surface area contributed by atoms with E-state index < -0.39 is 36.0 Å². The fourth-order valence-electron chi connectivity index (χ4n) is 7.32. The van der Waals surface area contributed by atoms with E-state index in [9.17, 15) is 19.2 Å². The van der Waals surface area contributed by atoms with Crippen molar-refractivity contribution in [1.29, 1.82) is 0 Å². The highest BCUT2D eigenvalue weighted by atomic mass is 16.5. The Bertz CT molecular complexity index is 2690. The summed E-state index contributed by atoms with van der Waals surface area (Å²) >= 11 is 0. The van der Waals surface area contributed by atoms with Crippen molar-refractivity contribution in [3.8, 4) is 47.0 Å². The number of imidazole rings is 1. The predicted molar refractivity (Wildman–Crippen MR) is 235 cm³/mol. The topological polar surface area (TPSA) is 166 Å². The number of anilines is 1. The van der Waals surface area contributed by atoms with E-state index in [1.807, 2.05) is 86.6 Å². The molecule has 1 aliphatic heterocycles. The zero-order chi connectivity index (χ0) is 43.8. The van der Waals surface area contributed by atoms with Gasteiger partial charge in [-0.25, -0.2) is 14.8 Å². The number of terminal acetylenes is 1. The lowest BCUT2D eigenvalue weighted by Gasteiger charge is -2.34. The lowest BCUT2D eigenvalue weighted by atomic mass is 10.0. The monoisotopic (exact) mass is 830 g/mol. The van der Waals surface area contributed by atoms with Crippen molar-refractivity contribution < 1.29 is 28.3 Å². The summed E-state index contributed by atoms with van der Waals surface area (Å²) in [5.41, 5.74) is 5.51. The van der Waals surface area contributed by atoms with Gasteiger partial charge in [-0.15, -0.1) is 12.3 Å². The molecule has 6 aromatic rings. The van der Waals surface area contributed by atoms with E-state index in [4.69, 9.17) is 20.6 Å². The quantitative estimate of drug-likeness (QED) is 0.102. The van der Waals surface area contributed by atoms with Crippen molar-refractivity contribution in [1.82, 2.24) is 35.0 Å². The van der Waals surface area contributed by atoms with E-state index in [-0.39, 0.29) is 25.4 Å². The predicted octanol–water partition coefficient (Wildman–Crippen LogP) is 6.66. The van der Waals surface area contributed by atoms with Gasteiger partial charge in [-0.2, -0.15) is 0 Å². The smallest absolute Gasteiger partial charge is 0.407 e. The molecule has 314 valence electrons. The van der Waals surface area contributed by atoms with Crippen LogP contribution in [0.3, 0.4) is 0 Å². The maximum absolute atomic E-state index is 14.1. The minimum absolute atomic E-state index is 0.0494. The lowest BCUT2D eigenvalue weighted by Crippen LogP contribution is -2.46. The third-order valence-corrected chi connectivity index (χ3v) is 10.5. The van der Waals surface area contributed by atoms with Crippen LogP contribution in [0.5, 0.6) is 0 Å². The van der Waals surface area contributed by atoms with Gasteiger partial charge in [0.2, 0.25) is 23.6 Å². The molecule has 14 nitrogen and oxygen atoms in total. The maximum Gasteiger partial charge on any atom is 0.407 e. The summed E-state index contributed by atoms with van der Waals surface area (Å²) in [6, 6.07) is 27.4. The molecule has 2 aromatic heterocycles. The van der Waals surface area contributed by atoms with E-state index >= 15 is 0 Å². The molecular formula is C48H46N8O6. The minimum atomic E-state index is -1.11. The van der Waals surface area contributed by atoms with E-state index in [1.54, 1.807) is 47.5 Å². The minimum Gasteiger partial charge on any atom is -0.453 e. The highest BCUT2D eigenvalue weighted by molar-refractivity contribution is 5.97. The van der Waals surface area contributed by atoms with E-state index in [1.165, 1.54) is 12.0 Å². The van der Waals surface area contributed by atoms with Crippen molar-refractivity contribution >= 4 is 40.5 Å². The summed E-state index contributed by atoms with van der Waals surface area (Å²) in [6.07, 6.45) is 7.12. The van der Waals surface area contributed by atoms with Gasteiger partial charge in [-0.3, -0.25) is 19.3 Å². The number of ether oxygens (including phenoxy) is 1. The summed E-state index contributed by atoms with van der Waals surface area (Å²) in [4.78, 5) is 71.6. The van der Waals surface area contributed by atoms with Crippen LogP contribution in [0.2, 0.25) is 0 Å². The number of aromatic nitrogens is 3. The zero-order valence-electron chi connectivity index (χ0n) is 34.8. The third kappa shape index (κ3) is 9.52. The molecule has 0 spiro atoms. The molecule has 3 heterocycles. The number of carbonyl (C=O) groups is 4. The van der Waals surface area contributed by atoms with E-state index in [0.29, 0.717) is 58.3 Å². The van der Waals surface area contributed by atoms with Crippen molar-refractivity contribution in [3.05, 3.63) is 126 Å². The van der Waals surface area contributed by atoms with Gasteiger partial charge >= 0.3 is 6.09 Å². The average molecular weight is 831 g/mol. The summed E-state index contributed by atoms with van der Waals surface area (Å²) in [5.74, 6) is 9.31. The summed E-state index contributed by atoms with van der Waals surface area (Å²) in [5, 5.41) is 5.50. The van der Waals surface area contributed by atoms with Crippen LogP contribution in [0.4, 0.5) is 10.5 Å². The molecule has 3 N–H and O–H groups in total. The van der Waals surface area contributed by atoms with Crippen LogP contribution in [0.25, 0.3) is 33.8 Å². The number of rotatable bonds is 14. The van der Waals surface area contributed by atoms with Gasteiger partial charge in [0, 0.05) is 42.7 Å². The molecule has 4 amide bonds. The molecule has 14 heteroatoms. The highest BCUT2D eigenvalue weighted by Gasteiger charge is 2.35. The van der Waals surface area contributed by atoms with Crippen LogP contribution in [0.15, 0.2) is 108 Å². The molecule has 4 aromatic carbocycles. The van der Waals surface area contributed by atoms with Crippen LogP contribution in [0.1, 0.15) is 53.5 Å². The molecular weight excluding hydrogens is 785 g/mol. The van der Waals surface area contributed by atoms with Crippen LogP contribution < -0.4 is 10.6 Å². The molecule has 0 fully saturated rings.